The van der Waals surface area contributed by atoms with Crippen LogP contribution in [0.2, 0.25) is 0 Å². The topological polar surface area (TPSA) is 74.8 Å². The highest BCUT2D eigenvalue weighted by Gasteiger charge is 2.32. The summed E-state index contributed by atoms with van der Waals surface area (Å²) in [5.41, 5.74) is 2.10. The predicted octanol–water partition coefficient (Wildman–Crippen LogP) is 5.01. The molecule has 174 valence electrons. The molecule has 1 saturated heterocycles. The average molecular weight is 493 g/mol. The van der Waals surface area contributed by atoms with E-state index in [4.69, 9.17) is 21.7 Å². The van der Waals surface area contributed by atoms with E-state index in [0.29, 0.717) is 29.6 Å². The van der Waals surface area contributed by atoms with Crippen LogP contribution in [0.15, 0.2) is 71.5 Å². The van der Waals surface area contributed by atoms with Crippen molar-refractivity contribution in [2.24, 2.45) is 0 Å². The predicted molar refractivity (Wildman–Crippen MR) is 138 cm³/mol. The molecule has 0 saturated carbocycles. The number of thiazole rings is 1. The summed E-state index contributed by atoms with van der Waals surface area (Å²) in [7, 11) is 0. The van der Waals surface area contributed by atoms with Gasteiger partial charge in [0.2, 0.25) is 5.88 Å². The Morgan fingerprint density at radius 3 is 2.68 bits per heavy atom. The van der Waals surface area contributed by atoms with Gasteiger partial charge in [0.05, 0.1) is 17.5 Å². The molecule has 34 heavy (non-hydrogen) atoms. The Kier molecular flexibility index (Phi) is 6.26. The molecule has 2 unspecified atom stereocenters. The monoisotopic (exact) mass is 492 g/mol. The highest BCUT2D eigenvalue weighted by molar-refractivity contribution is 7.80. The molecule has 2 atom stereocenters. The highest BCUT2D eigenvalue weighted by Crippen LogP contribution is 2.30. The van der Waals surface area contributed by atoms with Crippen LogP contribution >= 0.6 is 23.6 Å². The van der Waals surface area contributed by atoms with Gasteiger partial charge in [-0.3, -0.25) is 9.78 Å². The lowest BCUT2D eigenvalue weighted by Gasteiger charge is -2.23. The van der Waals surface area contributed by atoms with Crippen LogP contribution in [0.5, 0.6) is 11.6 Å². The third-order valence-electron chi connectivity index (χ3n) is 6.00. The quantitative estimate of drug-likeness (QED) is 0.353. The van der Waals surface area contributed by atoms with Gasteiger partial charge in [0.1, 0.15) is 18.5 Å². The van der Waals surface area contributed by atoms with Crippen LogP contribution in [0, 0.1) is 0 Å². The van der Waals surface area contributed by atoms with Crippen molar-refractivity contribution in [3.05, 3.63) is 92.4 Å². The second kappa shape index (κ2) is 9.48. The smallest absolute Gasteiger partial charge is 0.307 e. The second-order valence-corrected chi connectivity index (χ2v) is 9.82. The van der Waals surface area contributed by atoms with Crippen LogP contribution in [0.25, 0.3) is 10.8 Å². The molecular weight excluding hydrogens is 468 g/mol. The molecule has 2 N–H and O–H groups in total. The maximum Gasteiger partial charge on any atom is 0.307 e. The molecule has 4 aromatic rings. The molecule has 1 aliphatic rings. The van der Waals surface area contributed by atoms with Gasteiger partial charge in [-0.2, -0.15) is 0 Å². The lowest BCUT2D eigenvalue weighted by molar-refractivity contribution is 0.212. The minimum atomic E-state index is -0.256. The first-order chi connectivity index (χ1) is 16.5. The summed E-state index contributed by atoms with van der Waals surface area (Å²) >= 11 is 6.53. The normalized spacial score (nSPS) is 16.6. The highest BCUT2D eigenvalue weighted by atomic mass is 32.1. The molecule has 1 aliphatic heterocycles. The number of rotatable bonds is 7. The lowest BCUT2D eigenvalue weighted by Crippen LogP contribution is -2.37. The Balaban J connectivity index is 1.18. The first-order valence-corrected chi connectivity index (χ1v) is 12.3. The van der Waals surface area contributed by atoms with E-state index >= 15 is 0 Å². The Hall–Kier alpha value is -3.36. The molecule has 1 fully saturated rings. The van der Waals surface area contributed by atoms with Crippen LogP contribution in [-0.4, -0.2) is 39.4 Å². The fourth-order valence-corrected chi connectivity index (χ4v) is 5.22. The second-order valence-electron chi connectivity index (χ2n) is 8.40. The van der Waals surface area contributed by atoms with Crippen molar-refractivity contribution >= 4 is 39.5 Å². The average Bonchev–Trinajstić information content (AvgIpc) is 3.39. The van der Waals surface area contributed by atoms with E-state index in [1.165, 1.54) is 10.8 Å². The molecule has 8 heteroatoms. The maximum absolute atomic E-state index is 11.4. The van der Waals surface area contributed by atoms with Crippen molar-refractivity contribution in [1.82, 2.24) is 9.88 Å². The van der Waals surface area contributed by atoms with Crippen molar-refractivity contribution in [1.29, 1.82) is 0 Å². The Morgan fingerprint density at radius 1 is 1.18 bits per heavy atom. The van der Waals surface area contributed by atoms with Gasteiger partial charge >= 0.3 is 4.87 Å². The summed E-state index contributed by atoms with van der Waals surface area (Å²) in [4.78, 5) is 16.2. The number of H-pyrrole nitrogens is 1. The largest absolute Gasteiger partial charge is 0.494 e. The standard InChI is InChI=1S/C26H24N2O4S2/c1-16(15-31-21-10-6-17(7-11-21)12-23-24(29)27-25(30)34-23)28-14-22(32-26(28)33)20-9-8-18-4-2-3-5-19(18)13-20/h2-11,13,16,22,29H,12,14-15H2,1H3,(H,27,30). The van der Waals surface area contributed by atoms with Gasteiger partial charge in [0.25, 0.3) is 5.17 Å². The number of aromatic amines is 1. The van der Waals surface area contributed by atoms with Crippen molar-refractivity contribution < 1.29 is 14.6 Å². The van der Waals surface area contributed by atoms with Crippen molar-refractivity contribution in [2.45, 2.75) is 25.5 Å². The zero-order valence-corrected chi connectivity index (χ0v) is 20.2. The number of nitrogens with zero attached hydrogens (tertiary/aromatic N) is 1. The summed E-state index contributed by atoms with van der Waals surface area (Å²) in [6, 6.07) is 22.4. The van der Waals surface area contributed by atoms with Crippen molar-refractivity contribution in [2.75, 3.05) is 13.2 Å². The number of hydrogen-bond acceptors (Lipinski definition) is 6. The van der Waals surface area contributed by atoms with Gasteiger partial charge in [-0.05, 0) is 59.2 Å². The van der Waals surface area contributed by atoms with Gasteiger partial charge < -0.3 is 19.5 Å². The zero-order chi connectivity index (χ0) is 23.7. The van der Waals surface area contributed by atoms with Gasteiger partial charge in [0.15, 0.2) is 0 Å². The SMILES string of the molecule is CC(COc1ccc(Cc2sc(=O)[nH]c2O)cc1)N1CC(c2ccc3ccccc3c2)OC1=S. The maximum atomic E-state index is 11.4. The van der Waals surface area contributed by atoms with Crippen molar-refractivity contribution in [3.8, 4) is 11.6 Å². The van der Waals surface area contributed by atoms with E-state index in [0.717, 1.165) is 28.2 Å². The number of thiocarbonyl (C=S) groups is 1. The van der Waals surface area contributed by atoms with Gasteiger partial charge in [-0.1, -0.05) is 59.9 Å². The number of hydrogen-bond donors (Lipinski definition) is 2. The number of nitrogens with one attached hydrogen (secondary N) is 1. The number of benzene rings is 3. The van der Waals surface area contributed by atoms with Gasteiger partial charge in [-0.15, -0.1) is 0 Å². The van der Waals surface area contributed by atoms with E-state index < -0.39 is 0 Å². The third-order valence-corrected chi connectivity index (χ3v) is 7.20. The Bertz CT molecular complexity index is 1380. The molecule has 0 radical (unpaired) electrons. The number of aromatic nitrogens is 1. The number of ether oxygens (including phenoxy) is 2. The van der Waals surface area contributed by atoms with E-state index in [2.05, 4.69) is 47.1 Å². The molecule has 1 aromatic heterocycles. The molecule has 2 heterocycles. The van der Waals surface area contributed by atoms with Crippen LogP contribution in [0.4, 0.5) is 0 Å². The van der Waals surface area contributed by atoms with E-state index in [-0.39, 0.29) is 22.9 Å². The molecular formula is C26H24N2O4S2. The van der Waals surface area contributed by atoms with E-state index in [9.17, 15) is 9.90 Å². The summed E-state index contributed by atoms with van der Waals surface area (Å²) in [6.45, 7) is 3.22. The first-order valence-electron chi connectivity index (χ1n) is 11.0. The molecule has 0 spiro atoms. The molecule has 5 rings (SSSR count). The first kappa shape index (κ1) is 22.4. The van der Waals surface area contributed by atoms with Crippen LogP contribution in [-0.2, 0) is 11.2 Å². The molecule has 0 amide bonds. The van der Waals surface area contributed by atoms with Crippen LogP contribution in [0.1, 0.15) is 29.0 Å². The van der Waals surface area contributed by atoms with Crippen LogP contribution < -0.4 is 9.61 Å². The number of fused-ring (bicyclic) bond motifs is 1. The van der Waals surface area contributed by atoms with E-state index in [1.54, 1.807) is 0 Å². The van der Waals surface area contributed by atoms with Crippen molar-refractivity contribution in [3.63, 3.8) is 0 Å². The molecule has 0 bridgehead atoms. The number of aromatic hydroxyl groups is 1. The summed E-state index contributed by atoms with van der Waals surface area (Å²) in [6.07, 6.45) is 0.390. The van der Waals surface area contributed by atoms with Crippen LogP contribution in [0.3, 0.4) is 0 Å². The van der Waals surface area contributed by atoms with Gasteiger partial charge in [-0.25, -0.2) is 0 Å². The fourth-order valence-electron chi connectivity index (χ4n) is 4.09. The summed E-state index contributed by atoms with van der Waals surface area (Å²) in [5, 5.41) is 12.7. The Labute approximate surface area is 206 Å². The third kappa shape index (κ3) is 4.78. The summed E-state index contributed by atoms with van der Waals surface area (Å²) < 4.78 is 12.0. The summed E-state index contributed by atoms with van der Waals surface area (Å²) in [5.74, 6) is 0.689. The Morgan fingerprint density at radius 2 is 1.94 bits per heavy atom. The zero-order valence-electron chi connectivity index (χ0n) is 18.6. The molecule has 6 nitrogen and oxygen atoms in total. The van der Waals surface area contributed by atoms with E-state index in [1.807, 2.05) is 36.4 Å². The van der Waals surface area contributed by atoms with Gasteiger partial charge in [0, 0.05) is 6.42 Å². The molecule has 3 aromatic carbocycles. The minimum absolute atomic E-state index is 0.0479. The minimum Gasteiger partial charge on any atom is -0.494 e. The fraction of sp³-hybridized carbons (Fsp3) is 0.231. The lowest BCUT2D eigenvalue weighted by atomic mass is 10.0. The molecule has 0 aliphatic carbocycles.